The van der Waals surface area contributed by atoms with Gasteiger partial charge in [-0.05, 0) is 49.4 Å². The van der Waals surface area contributed by atoms with Crippen LogP contribution in [0.25, 0.3) is 0 Å². The lowest BCUT2D eigenvalue weighted by Gasteiger charge is -2.35. The van der Waals surface area contributed by atoms with Gasteiger partial charge in [0.25, 0.3) is 0 Å². The van der Waals surface area contributed by atoms with Crippen LogP contribution in [0.3, 0.4) is 0 Å². The van der Waals surface area contributed by atoms with Crippen LogP contribution in [0, 0.1) is 25.5 Å². The van der Waals surface area contributed by atoms with Gasteiger partial charge in [-0.15, -0.1) is 0 Å². The summed E-state index contributed by atoms with van der Waals surface area (Å²) in [7, 11) is 0. The molecule has 7 heteroatoms. The molecule has 2 heterocycles. The normalized spacial score (nSPS) is 20.6. The highest BCUT2D eigenvalue weighted by Gasteiger charge is 2.39. The first-order valence-corrected chi connectivity index (χ1v) is 9.88. The predicted molar refractivity (Wildman–Crippen MR) is 108 cm³/mol. The molecule has 2 aromatic carbocycles. The predicted octanol–water partition coefficient (Wildman–Crippen LogP) is 4.59. The first-order valence-electron chi connectivity index (χ1n) is 9.88. The first kappa shape index (κ1) is 18.7. The Balaban J connectivity index is 1.63. The summed E-state index contributed by atoms with van der Waals surface area (Å²) in [4.78, 5) is 17.7. The van der Waals surface area contributed by atoms with Gasteiger partial charge in [0, 0.05) is 23.8 Å². The zero-order valence-corrected chi connectivity index (χ0v) is 16.6. The number of fused-ring (bicyclic) bond motifs is 1. The van der Waals surface area contributed by atoms with E-state index in [1.54, 1.807) is 11.6 Å². The number of carbonyl (C=O) groups excluding carboxylic acids is 1. The van der Waals surface area contributed by atoms with E-state index in [1.807, 2.05) is 25.1 Å². The fourth-order valence-corrected chi connectivity index (χ4v) is 4.52. The molecule has 0 fully saturated rings. The van der Waals surface area contributed by atoms with Gasteiger partial charge in [0.15, 0.2) is 5.78 Å². The first-order chi connectivity index (χ1) is 14.4. The van der Waals surface area contributed by atoms with Gasteiger partial charge in [-0.1, -0.05) is 29.8 Å². The van der Waals surface area contributed by atoms with E-state index in [1.165, 1.54) is 12.1 Å². The minimum atomic E-state index is -0.714. The lowest BCUT2D eigenvalue weighted by atomic mass is 9.77. The minimum Gasteiger partial charge on any atom is -0.328 e. The number of benzene rings is 2. The van der Waals surface area contributed by atoms with Crippen molar-refractivity contribution >= 4 is 11.7 Å². The molecule has 1 aliphatic heterocycles. The maximum absolute atomic E-state index is 14.0. The molecule has 3 aromatic rings. The van der Waals surface area contributed by atoms with Crippen molar-refractivity contribution in [2.45, 2.75) is 38.6 Å². The average molecular weight is 406 g/mol. The van der Waals surface area contributed by atoms with Gasteiger partial charge in [-0.3, -0.25) is 4.79 Å². The Morgan fingerprint density at radius 2 is 1.80 bits per heavy atom. The molecule has 0 radical (unpaired) electrons. The highest BCUT2D eigenvalue weighted by atomic mass is 19.1. The van der Waals surface area contributed by atoms with E-state index >= 15 is 0 Å². The number of rotatable bonds is 2. The van der Waals surface area contributed by atoms with Crippen molar-refractivity contribution in [1.82, 2.24) is 14.8 Å². The summed E-state index contributed by atoms with van der Waals surface area (Å²) in [6, 6.07) is 10.8. The number of hydrogen-bond donors (Lipinski definition) is 1. The highest BCUT2D eigenvalue weighted by molar-refractivity contribution is 6.00. The van der Waals surface area contributed by atoms with Gasteiger partial charge >= 0.3 is 0 Å². The molecule has 2 atom stereocenters. The van der Waals surface area contributed by atoms with Crippen molar-refractivity contribution in [3.63, 3.8) is 0 Å². The molecule has 2 aliphatic rings. The third-order valence-electron chi connectivity index (χ3n) is 5.74. The topological polar surface area (TPSA) is 59.8 Å². The summed E-state index contributed by atoms with van der Waals surface area (Å²) < 4.78 is 29.6. The Kier molecular flexibility index (Phi) is 4.27. The number of aryl methyl sites for hydroxylation is 2. The number of anilines is 1. The van der Waals surface area contributed by atoms with Crippen LogP contribution in [0.4, 0.5) is 14.7 Å². The van der Waals surface area contributed by atoms with Crippen LogP contribution >= 0.6 is 0 Å². The van der Waals surface area contributed by atoms with E-state index in [-0.39, 0.29) is 11.7 Å². The monoisotopic (exact) mass is 406 g/mol. The Bertz CT molecular complexity index is 1190. The number of Topliss-reactive ketones (excluding diaryl/α,β-unsaturated/α-hetero) is 1. The summed E-state index contributed by atoms with van der Waals surface area (Å²) in [5, 5.41) is 7.65. The summed E-state index contributed by atoms with van der Waals surface area (Å²) >= 11 is 0. The third-order valence-corrected chi connectivity index (χ3v) is 5.74. The number of ketones is 1. The molecule has 0 bridgehead atoms. The van der Waals surface area contributed by atoms with Crippen LogP contribution in [-0.4, -0.2) is 20.5 Å². The molecule has 0 unspecified atom stereocenters. The number of nitrogens with zero attached hydrogens (tertiary/aromatic N) is 3. The number of carbonyl (C=O) groups is 1. The van der Waals surface area contributed by atoms with Crippen LogP contribution in [0.1, 0.15) is 47.3 Å². The molecular weight excluding hydrogens is 386 g/mol. The number of halogens is 2. The van der Waals surface area contributed by atoms with Gasteiger partial charge in [0.2, 0.25) is 5.95 Å². The van der Waals surface area contributed by atoms with Crippen LogP contribution in [0.2, 0.25) is 0 Å². The highest BCUT2D eigenvalue weighted by Crippen LogP contribution is 2.44. The SMILES string of the molecule is Cc1cccc([C@H]2CC(=O)C3=C(C2)Nc2nc(C)nn2[C@H]3c2cc(F)cc(F)c2)c1. The van der Waals surface area contributed by atoms with Crippen molar-refractivity contribution in [3.8, 4) is 0 Å². The second-order valence-electron chi connectivity index (χ2n) is 7.99. The molecule has 1 N–H and O–H groups in total. The van der Waals surface area contributed by atoms with Crippen molar-refractivity contribution < 1.29 is 13.6 Å². The number of aromatic nitrogens is 3. The van der Waals surface area contributed by atoms with Crippen LogP contribution in [-0.2, 0) is 4.79 Å². The van der Waals surface area contributed by atoms with E-state index in [4.69, 9.17) is 0 Å². The zero-order chi connectivity index (χ0) is 21.0. The Hall–Kier alpha value is -3.35. The largest absolute Gasteiger partial charge is 0.328 e. The lowest BCUT2D eigenvalue weighted by Crippen LogP contribution is -2.33. The van der Waals surface area contributed by atoms with Gasteiger partial charge < -0.3 is 5.32 Å². The molecular formula is C23H20F2N4O. The fourth-order valence-electron chi connectivity index (χ4n) is 4.52. The van der Waals surface area contributed by atoms with Crippen LogP contribution in [0.15, 0.2) is 53.7 Å². The fraction of sp³-hybridized carbons (Fsp3) is 0.261. The van der Waals surface area contributed by atoms with E-state index in [9.17, 15) is 13.6 Å². The summed E-state index contributed by atoms with van der Waals surface area (Å²) in [6.45, 7) is 3.77. The molecule has 5 nitrogen and oxygen atoms in total. The van der Waals surface area contributed by atoms with E-state index in [0.29, 0.717) is 35.8 Å². The minimum absolute atomic E-state index is 0.0316. The summed E-state index contributed by atoms with van der Waals surface area (Å²) in [6.07, 6.45) is 0.950. The summed E-state index contributed by atoms with van der Waals surface area (Å²) in [5.74, 6) is -0.414. The Morgan fingerprint density at radius 1 is 1.03 bits per heavy atom. The lowest BCUT2D eigenvalue weighted by molar-refractivity contribution is -0.116. The molecule has 1 aromatic heterocycles. The second kappa shape index (κ2) is 6.86. The maximum atomic E-state index is 14.0. The quantitative estimate of drug-likeness (QED) is 0.676. The smallest absolute Gasteiger partial charge is 0.226 e. The molecule has 152 valence electrons. The van der Waals surface area contributed by atoms with Crippen LogP contribution in [0.5, 0.6) is 0 Å². The van der Waals surface area contributed by atoms with E-state index in [2.05, 4.69) is 21.5 Å². The van der Waals surface area contributed by atoms with Crippen LogP contribution < -0.4 is 5.32 Å². The molecule has 1 aliphatic carbocycles. The Morgan fingerprint density at radius 3 is 2.53 bits per heavy atom. The van der Waals surface area contributed by atoms with Crippen molar-refractivity contribution in [2.75, 3.05) is 5.32 Å². The second-order valence-corrected chi connectivity index (χ2v) is 7.99. The number of nitrogens with one attached hydrogen (secondary N) is 1. The van der Waals surface area contributed by atoms with E-state index < -0.39 is 17.7 Å². The molecule has 0 saturated carbocycles. The summed E-state index contributed by atoms with van der Waals surface area (Å²) in [5.41, 5.74) is 3.83. The van der Waals surface area contributed by atoms with Crippen molar-refractivity contribution in [3.05, 3.63) is 87.9 Å². The maximum Gasteiger partial charge on any atom is 0.226 e. The molecule has 0 amide bonds. The van der Waals surface area contributed by atoms with Gasteiger partial charge in [0.05, 0.1) is 0 Å². The van der Waals surface area contributed by atoms with E-state index in [0.717, 1.165) is 22.9 Å². The molecule has 0 spiro atoms. The van der Waals surface area contributed by atoms with Gasteiger partial charge in [0.1, 0.15) is 23.5 Å². The molecule has 5 rings (SSSR count). The number of allylic oxidation sites excluding steroid dienone is 2. The molecule has 0 saturated heterocycles. The number of hydrogen-bond acceptors (Lipinski definition) is 4. The molecule has 30 heavy (non-hydrogen) atoms. The van der Waals surface area contributed by atoms with Gasteiger partial charge in [-0.25, -0.2) is 13.5 Å². The van der Waals surface area contributed by atoms with Gasteiger partial charge in [-0.2, -0.15) is 10.1 Å². The Labute approximate surface area is 172 Å². The standard InChI is InChI=1S/C23H20F2N4O/c1-12-4-3-5-14(6-12)15-9-19-21(20(30)10-15)22(16-7-17(24)11-18(25)8-16)29-23(27-19)26-13(2)28-29/h3-8,11,15,22H,9-10H2,1-2H3,(H,26,27,28)/t15-,22+/m1/s1. The zero-order valence-electron chi connectivity index (χ0n) is 16.6. The van der Waals surface area contributed by atoms with Crippen molar-refractivity contribution in [2.24, 2.45) is 0 Å². The third kappa shape index (κ3) is 3.10. The van der Waals surface area contributed by atoms with Crippen molar-refractivity contribution in [1.29, 1.82) is 0 Å². The average Bonchev–Trinajstić information content (AvgIpc) is 3.05.